The van der Waals surface area contributed by atoms with Crippen LogP contribution >= 0.6 is 11.6 Å². The van der Waals surface area contributed by atoms with Crippen molar-refractivity contribution in [2.75, 3.05) is 13.6 Å². The molecule has 0 saturated heterocycles. The highest BCUT2D eigenvalue weighted by Crippen LogP contribution is 2.09. The van der Waals surface area contributed by atoms with Crippen molar-refractivity contribution in [2.45, 2.75) is 32.1 Å². The summed E-state index contributed by atoms with van der Waals surface area (Å²) in [6, 6.07) is 7.79. The second kappa shape index (κ2) is 6.65. The number of aryl methyl sites for hydroxylation is 1. The van der Waals surface area contributed by atoms with Crippen LogP contribution in [0.4, 0.5) is 0 Å². The van der Waals surface area contributed by atoms with Crippen molar-refractivity contribution in [3.05, 3.63) is 35.4 Å². The topological polar surface area (TPSA) is 20.3 Å². The summed E-state index contributed by atoms with van der Waals surface area (Å²) < 4.78 is 0. The first-order valence-electron chi connectivity index (χ1n) is 6.03. The van der Waals surface area contributed by atoms with E-state index in [1.54, 1.807) is 4.90 Å². The molecule has 1 atom stereocenters. The Hall–Kier alpha value is -1.02. The smallest absolute Gasteiger partial charge is 0.253 e. The van der Waals surface area contributed by atoms with E-state index in [9.17, 15) is 4.79 Å². The summed E-state index contributed by atoms with van der Waals surface area (Å²) in [6.07, 6.45) is 1.81. The van der Waals surface area contributed by atoms with Crippen LogP contribution < -0.4 is 0 Å². The van der Waals surface area contributed by atoms with Gasteiger partial charge in [-0.15, -0.1) is 11.6 Å². The van der Waals surface area contributed by atoms with Gasteiger partial charge in [-0.05, 0) is 37.5 Å². The van der Waals surface area contributed by atoms with E-state index in [1.807, 2.05) is 38.2 Å². The van der Waals surface area contributed by atoms with Crippen molar-refractivity contribution in [3.63, 3.8) is 0 Å². The van der Waals surface area contributed by atoms with Gasteiger partial charge in [-0.1, -0.05) is 19.1 Å². The van der Waals surface area contributed by atoms with Gasteiger partial charge in [0.15, 0.2) is 0 Å². The number of hydrogen-bond acceptors (Lipinski definition) is 1. The highest BCUT2D eigenvalue weighted by molar-refractivity contribution is 6.20. The van der Waals surface area contributed by atoms with Crippen LogP contribution in [0.1, 0.15) is 36.2 Å². The van der Waals surface area contributed by atoms with Crippen LogP contribution in [-0.4, -0.2) is 29.8 Å². The van der Waals surface area contributed by atoms with Crippen molar-refractivity contribution in [1.82, 2.24) is 4.90 Å². The Morgan fingerprint density at radius 1 is 1.35 bits per heavy atom. The first-order chi connectivity index (χ1) is 8.04. The lowest BCUT2D eigenvalue weighted by Crippen LogP contribution is -2.28. The zero-order valence-corrected chi connectivity index (χ0v) is 11.5. The standard InChI is InChI=1S/C14H20ClNO/c1-4-12-5-7-13(8-6-12)14(17)16(3)10-9-11(2)15/h5-8,11H,4,9-10H2,1-3H3. The number of carbonyl (C=O) groups is 1. The summed E-state index contributed by atoms with van der Waals surface area (Å²) >= 11 is 5.87. The summed E-state index contributed by atoms with van der Waals surface area (Å²) in [5, 5.41) is 0.104. The summed E-state index contributed by atoms with van der Waals surface area (Å²) in [7, 11) is 1.81. The molecule has 94 valence electrons. The number of amides is 1. The summed E-state index contributed by atoms with van der Waals surface area (Å²) in [5.74, 6) is 0.0602. The van der Waals surface area contributed by atoms with Crippen LogP contribution in [0.5, 0.6) is 0 Å². The largest absolute Gasteiger partial charge is 0.342 e. The first-order valence-corrected chi connectivity index (χ1v) is 6.46. The second-order valence-electron chi connectivity index (χ2n) is 4.35. The van der Waals surface area contributed by atoms with E-state index >= 15 is 0 Å². The van der Waals surface area contributed by atoms with E-state index in [0.717, 1.165) is 18.4 Å². The van der Waals surface area contributed by atoms with Crippen LogP contribution in [-0.2, 0) is 6.42 Å². The molecule has 2 nitrogen and oxygen atoms in total. The molecule has 0 radical (unpaired) electrons. The molecule has 0 aliphatic heterocycles. The van der Waals surface area contributed by atoms with Gasteiger partial charge in [0.05, 0.1) is 0 Å². The van der Waals surface area contributed by atoms with Crippen LogP contribution in [0.2, 0.25) is 0 Å². The molecule has 17 heavy (non-hydrogen) atoms. The van der Waals surface area contributed by atoms with E-state index in [4.69, 9.17) is 11.6 Å². The van der Waals surface area contributed by atoms with E-state index < -0.39 is 0 Å². The number of benzene rings is 1. The zero-order chi connectivity index (χ0) is 12.8. The molecule has 0 N–H and O–H groups in total. The molecule has 0 fully saturated rings. The molecule has 0 aliphatic rings. The lowest BCUT2D eigenvalue weighted by atomic mass is 10.1. The summed E-state index contributed by atoms with van der Waals surface area (Å²) in [5.41, 5.74) is 1.99. The molecular weight excluding hydrogens is 234 g/mol. The number of hydrogen-bond donors (Lipinski definition) is 0. The van der Waals surface area contributed by atoms with E-state index in [1.165, 1.54) is 5.56 Å². The predicted molar refractivity (Wildman–Crippen MR) is 72.7 cm³/mol. The van der Waals surface area contributed by atoms with Crippen LogP contribution in [0.3, 0.4) is 0 Å². The number of carbonyl (C=O) groups excluding carboxylic acids is 1. The van der Waals surface area contributed by atoms with Crippen molar-refractivity contribution in [2.24, 2.45) is 0 Å². The highest BCUT2D eigenvalue weighted by Gasteiger charge is 2.11. The molecule has 1 rings (SSSR count). The van der Waals surface area contributed by atoms with Gasteiger partial charge >= 0.3 is 0 Å². The monoisotopic (exact) mass is 253 g/mol. The van der Waals surface area contributed by atoms with Gasteiger partial charge < -0.3 is 4.90 Å². The molecule has 0 aliphatic carbocycles. The molecule has 0 spiro atoms. The minimum atomic E-state index is 0.0602. The van der Waals surface area contributed by atoms with Gasteiger partial charge in [0.25, 0.3) is 5.91 Å². The minimum Gasteiger partial charge on any atom is -0.342 e. The maximum Gasteiger partial charge on any atom is 0.253 e. The fraction of sp³-hybridized carbons (Fsp3) is 0.500. The molecular formula is C14H20ClNO. The Labute approximate surface area is 109 Å². The molecule has 3 heteroatoms. The van der Waals surface area contributed by atoms with Crippen LogP contribution in [0.25, 0.3) is 0 Å². The minimum absolute atomic E-state index is 0.0602. The molecule has 0 bridgehead atoms. The fourth-order valence-electron chi connectivity index (χ4n) is 1.58. The summed E-state index contributed by atoms with van der Waals surface area (Å²) in [6.45, 7) is 4.74. The van der Waals surface area contributed by atoms with E-state index in [2.05, 4.69) is 6.92 Å². The highest BCUT2D eigenvalue weighted by atomic mass is 35.5. The third-order valence-electron chi connectivity index (χ3n) is 2.82. The molecule has 0 saturated carbocycles. The normalized spacial score (nSPS) is 12.2. The Bertz CT molecular complexity index is 359. The third-order valence-corrected chi connectivity index (χ3v) is 3.04. The third kappa shape index (κ3) is 4.39. The van der Waals surface area contributed by atoms with Gasteiger partial charge in [0.1, 0.15) is 0 Å². The van der Waals surface area contributed by atoms with Crippen molar-refractivity contribution < 1.29 is 4.79 Å². The maximum atomic E-state index is 12.0. The Balaban J connectivity index is 2.61. The molecule has 0 heterocycles. The maximum absolute atomic E-state index is 12.0. The molecule has 1 aromatic carbocycles. The summed E-state index contributed by atoms with van der Waals surface area (Å²) in [4.78, 5) is 13.8. The molecule has 0 aromatic heterocycles. The number of halogens is 1. The van der Waals surface area contributed by atoms with Gasteiger partial charge in [-0.25, -0.2) is 0 Å². The number of nitrogens with zero attached hydrogens (tertiary/aromatic N) is 1. The first kappa shape index (κ1) is 14.0. The molecule has 1 amide bonds. The van der Waals surface area contributed by atoms with Gasteiger partial charge in [0.2, 0.25) is 0 Å². The Morgan fingerprint density at radius 3 is 2.41 bits per heavy atom. The second-order valence-corrected chi connectivity index (χ2v) is 5.09. The lowest BCUT2D eigenvalue weighted by Gasteiger charge is -2.18. The van der Waals surface area contributed by atoms with Crippen LogP contribution in [0, 0.1) is 0 Å². The van der Waals surface area contributed by atoms with Crippen molar-refractivity contribution >= 4 is 17.5 Å². The van der Waals surface area contributed by atoms with Crippen molar-refractivity contribution in [1.29, 1.82) is 0 Å². The average Bonchev–Trinajstić information content (AvgIpc) is 2.35. The Morgan fingerprint density at radius 2 is 1.94 bits per heavy atom. The average molecular weight is 254 g/mol. The van der Waals surface area contributed by atoms with Crippen LogP contribution in [0.15, 0.2) is 24.3 Å². The van der Waals surface area contributed by atoms with E-state index in [-0.39, 0.29) is 11.3 Å². The van der Waals surface area contributed by atoms with Gasteiger partial charge in [-0.2, -0.15) is 0 Å². The number of rotatable bonds is 5. The SMILES string of the molecule is CCc1ccc(C(=O)N(C)CCC(C)Cl)cc1. The fourth-order valence-corrected chi connectivity index (χ4v) is 1.67. The molecule has 1 aromatic rings. The quantitative estimate of drug-likeness (QED) is 0.737. The predicted octanol–water partition coefficient (Wildman–Crippen LogP) is 3.34. The Kier molecular flexibility index (Phi) is 5.49. The zero-order valence-electron chi connectivity index (χ0n) is 10.7. The van der Waals surface area contributed by atoms with E-state index in [0.29, 0.717) is 6.54 Å². The lowest BCUT2D eigenvalue weighted by molar-refractivity contribution is 0.0793. The number of alkyl halides is 1. The van der Waals surface area contributed by atoms with Gasteiger partial charge in [0, 0.05) is 24.5 Å². The van der Waals surface area contributed by atoms with Crippen molar-refractivity contribution in [3.8, 4) is 0 Å². The van der Waals surface area contributed by atoms with Gasteiger partial charge in [-0.3, -0.25) is 4.79 Å². The molecule has 1 unspecified atom stereocenters.